The van der Waals surface area contributed by atoms with Gasteiger partial charge in [0, 0.05) is 11.4 Å². The molecule has 1 heterocycles. The van der Waals surface area contributed by atoms with Gasteiger partial charge in [0.2, 0.25) is 0 Å². The largest absolute Gasteiger partial charge is 0.490 e. The third-order valence-electron chi connectivity index (χ3n) is 5.14. The van der Waals surface area contributed by atoms with Gasteiger partial charge in [-0.2, -0.15) is 0 Å². The van der Waals surface area contributed by atoms with E-state index in [-0.39, 0.29) is 25.1 Å². The molecule has 1 unspecified atom stereocenters. The van der Waals surface area contributed by atoms with E-state index < -0.39 is 5.54 Å². The van der Waals surface area contributed by atoms with Gasteiger partial charge in [-0.1, -0.05) is 47.5 Å². The maximum atomic E-state index is 13.0. The van der Waals surface area contributed by atoms with Crippen LogP contribution in [-0.2, 0) is 17.6 Å². The summed E-state index contributed by atoms with van der Waals surface area (Å²) in [6.45, 7) is 0.320. The number of hydrogen-bond donors (Lipinski definition) is 1. The Kier molecular flexibility index (Phi) is 4.74. The molecule has 0 bridgehead atoms. The molecule has 1 aliphatic carbocycles. The number of imide groups is 1. The lowest BCUT2D eigenvalue weighted by Gasteiger charge is -2.32. The number of halogens is 2. The van der Waals surface area contributed by atoms with Crippen LogP contribution < -0.4 is 10.1 Å². The molecule has 4 rings (SSSR count). The van der Waals surface area contributed by atoms with E-state index in [1.54, 1.807) is 18.2 Å². The Labute approximate surface area is 167 Å². The number of hydrogen-bond acceptors (Lipinski definition) is 3. The van der Waals surface area contributed by atoms with Crippen molar-refractivity contribution in [2.24, 2.45) is 0 Å². The van der Waals surface area contributed by atoms with Crippen molar-refractivity contribution in [3.8, 4) is 5.75 Å². The fourth-order valence-electron chi connectivity index (χ4n) is 3.74. The van der Waals surface area contributed by atoms with E-state index in [1.807, 2.05) is 18.2 Å². The van der Waals surface area contributed by atoms with Gasteiger partial charge >= 0.3 is 6.03 Å². The molecule has 2 aromatic rings. The standard InChI is InChI=1S/C20H18Cl2N2O3/c21-15-5-6-17(16(22)11-15)27-10-9-24-18(25)20(23-19(24)26)8-7-13-3-1-2-4-14(13)12-20/h1-6,11H,7-10,12H2,(H,23,26). The number of urea groups is 1. The van der Waals surface area contributed by atoms with Gasteiger partial charge in [-0.15, -0.1) is 0 Å². The van der Waals surface area contributed by atoms with Crippen molar-refractivity contribution in [1.82, 2.24) is 10.2 Å². The number of fused-ring (bicyclic) bond motifs is 1. The van der Waals surface area contributed by atoms with Crippen LogP contribution in [0.1, 0.15) is 17.5 Å². The van der Waals surface area contributed by atoms with Gasteiger partial charge in [-0.25, -0.2) is 4.79 Å². The van der Waals surface area contributed by atoms with Crippen LogP contribution in [0, 0.1) is 0 Å². The minimum Gasteiger partial charge on any atom is -0.490 e. The summed E-state index contributed by atoms with van der Waals surface area (Å²) in [5.74, 6) is 0.280. The Balaban J connectivity index is 1.43. The molecule has 5 nitrogen and oxygen atoms in total. The van der Waals surface area contributed by atoms with Gasteiger partial charge in [0.05, 0.1) is 11.6 Å². The fraction of sp³-hybridized carbons (Fsp3) is 0.300. The molecule has 140 valence electrons. The Morgan fingerprint density at radius 3 is 2.67 bits per heavy atom. The Morgan fingerprint density at radius 1 is 1.11 bits per heavy atom. The van der Waals surface area contributed by atoms with Crippen molar-refractivity contribution in [3.63, 3.8) is 0 Å². The van der Waals surface area contributed by atoms with Crippen LogP contribution in [-0.4, -0.2) is 35.5 Å². The minimum absolute atomic E-state index is 0.160. The van der Waals surface area contributed by atoms with E-state index in [1.165, 1.54) is 10.5 Å². The number of ether oxygens (including phenoxy) is 1. The highest BCUT2D eigenvalue weighted by Gasteiger charge is 2.52. The molecule has 0 aromatic heterocycles. The number of amides is 3. The van der Waals surface area contributed by atoms with E-state index in [4.69, 9.17) is 27.9 Å². The van der Waals surface area contributed by atoms with Crippen LogP contribution in [0.25, 0.3) is 0 Å². The highest BCUT2D eigenvalue weighted by Crippen LogP contribution is 2.33. The number of aryl methyl sites for hydroxylation is 1. The molecule has 0 saturated carbocycles. The molecule has 0 radical (unpaired) electrons. The van der Waals surface area contributed by atoms with Crippen LogP contribution in [0.4, 0.5) is 4.79 Å². The average Bonchev–Trinajstić information content (AvgIpc) is 2.87. The first-order valence-corrected chi connectivity index (χ1v) is 9.53. The predicted octanol–water partition coefficient (Wildman–Crippen LogP) is 3.85. The van der Waals surface area contributed by atoms with Crippen LogP contribution in [0.3, 0.4) is 0 Å². The summed E-state index contributed by atoms with van der Waals surface area (Å²) < 4.78 is 5.62. The SMILES string of the molecule is O=C1NC2(CCc3ccccc3C2)C(=O)N1CCOc1ccc(Cl)cc1Cl. The molecule has 3 amide bonds. The third kappa shape index (κ3) is 3.37. The van der Waals surface area contributed by atoms with Gasteiger partial charge in [0.15, 0.2) is 0 Å². The third-order valence-corrected chi connectivity index (χ3v) is 5.67. The summed E-state index contributed by atoms with van der Waals surface area (Å²) in [5, 5.41) is 3.82. The molecule has 2 aromatic carbocycles. The Morgan fingerprint density at radius 2 is 1.89 bits per heavy atom. The highest BCUT2D eigenvalue weighted by molar-refractivity contribution is 6.35. The molecule has 27 heavy (non-hydrogen) atoms. The van der Waals surface area contributed by atoms with Crippen LogP contribution in [0.2, 0.25) is 10.0 Å². The topological polar surface area (TPSA) is 58.6 Å². The monoisotopic (exact) mass is 404 g/mol. The summed E-state index contributed by atoms with van der Waals surface area (Å²) in [6.07, 6.45) is 1.90. The van der Waals surface area contributed by atoms with Crippen LogP contribution in [0.15, 0.2) is 42.5 Å². The van der Waals surface area contributed by atoms with E-state index >= 15 is 0 Å². The van der Waals surface area contributed by atoms with Crippen molar-refractivity contribution in [2.75, 3.05) is 13.2 Å². The van der Waals surface area contributed by atoms with Crippen molar-refractivity contribution in [2.45, 2.75) is 24.8 Å². The fourth-order valence-corrected chi connectivity index (χ4v) is 4.21. The smallest absolute Gasteiger partial charge is 0.325 e. The first kappa shape index (κ1) is 18.1. The molecule has 1 saturated heterocycles. The summed E-state index contributed by atoms with van der Waals surface area (Å²) >= 11 is 11.9. The number of carbonyl (C=O) groups is 2. The zero-order chi connectivity index (χ0) is 19.0. The summed E-state index contributed by atoms with van der Waals surface area (Å²) in [6, 6.07) is 12.6. The van der Waals surface area contributed by atoms with Crippen LogP contribution in [0.5, 0.6) is 5.75 Å². The minimum atomic E-state index is -0.844. The molecule has 1 fully saturated rings. The van der Waals surface area contributed by atoms with Crippen molar-refractivity contribution in [3.05, 3.63) is 63.6 Å². The maximum Gasteiger partial charge on any atom is 0.325 e. The first-order chi connectivity index (χ1) is 13.0. The maximum absolute atomic E-state index is 13.0. The molecule has 1 spiro atoms. The molecular weight excluding hydrogens is 387 g/mol. The predicted molar refractivity (Wildman–Crippen MR) is 103 cm³/mol. The lowest BCUT2D eigenvalue weighted by molar-refractivity contribution is -0.132. The van der Waals surface area contributed by atoms with Gasteiger partial charge in [-0.05, 0) is 42.2 Å². The zero-order valence-corrected chi connectivity index (χ0v) is 16.0. The molecular formula is C20H18Cl2N2O3. The normalized spacial score (nSPS) is 21.3. The molecule has 1 aliphatic heterocycles. The first-order valence-electron chi connectivity index (χ1n) is 8.77. The van der Waals surface area contributed by atoms with Crippen molar-refractivity contribution < 1.29 is 14.3 Å². The molecule has 7 heteroatoms. The average molecular weight is 405 g/mol. The second-order valence-corrected chi connectivity index (χ2v) is 7.68. The molecule has 2 aliphatic rings. The number of carbonyl (C=O) groups excluding carboxylic acids is 2. The number of rotatable bonds is 4. The van der Waals surface area contributed by atoms with Crippen molar-refractivity contribution >= 4 is 35.1 Å². The van der Waals surface area contributed by atoms with Gasteiger partial charge < -0.3 is 10.1 Å². The Bertz CT molecular complexity index is 918. The van der Waals surface area contributed by atoms with Gasteiger partial charge in [0.1, 0.15) is 17.9 Å². The van der Waals surface area contributed by atoms with Crippen molar-refractivity contribution in [1.29, 1.82) is 0 Å². The van der Waals surface area contributed by atoms with E-state index in [2.05, 4.69) is 11.4 Å². The number of benzene rings is 2. The Hall–Kier alpha value is -2.24. The van der Waals surface area contributed by atoms with Crippen LogP contribution >= 0.6 is 23.2 Å². The molecule has 1 atom stereocenters. The summed E-state index contributed by atoms with van der Waals surface area (Å²) in [7, 11) is 0. The van der Waals surface area contributed by atoms with E-state index in [9.17, 15) is 9.59 Å². The second kappa shape index (κ2) is 7.06. The highest BCUT2D eigenvalue weighted by atomic mass is 35.5. The van der Waals surface area contributed by atoms with E-state index in [0.717, 1.165) is 12.0 Å². The summed E-state index contributed by atoms with van der Waals surface area (Å²) in [4.78, 5) is 26.7. The second-order valence-electron chi connectivity index (χ2n) is 6.84. The zero-order valence-electron chi connectivity index (χ0n) is 14.5. The lowest BCUT2D eigenvalue weighted by atomic mass is 9.78. The van der Waals surface area contributed by atoms with Gasteiger partial charge in [-0.3, -0.25) is 9.69 Å². The van der Waals surface area contributed by atoms with E-state index in [0.29, 0.717) is 28.6 Å². The summed E-state index contributed by atoms with van der Waals surface area (Å²) in [5.41, 5.74) is 1.51. The number of nitrogens with one attached hydrogen (secondary N) is 1. The number of nitrogens with zero attached hydrogens (tertiary/aromatic N) is 1. The molecule has 1 N–H and O–H groups in total. The lowest BCUT2D eigenvalue weighted by Crippen LogP contribution is -2.51. The quantitative estimate of drug-likeness (QED) is 0.787. The van der Waals surface area contributed by atoms with Gasteiger partial charge in [0.25, 0.3) is 5.91 Å².